The number of nitrogens with zero attached hydrogens (tertiary/aromatic N) is 1. The van der Waals surface area contributed by atoms with Gasteiger partial charge in [-0.25, -0.2) is 4.37 Å². The molecule has 0 saturated carbocycles. The van der Waals surface area contributed by atoms with Crippen molar-refractivity contribution in [3.8, 4) is 0 Å². The van der Waals surface area contributed by atoms with Crippen molar-refractivity contribution >= 4 is 11.5 Å². The maximum absolute atomic E-state index is 9.97. The Morgan fingerprint density at radius 3 is 3.08 bits per heavy atom. The number of aromatic nitrogens is 1. The van der Waals surface area contributed by atoms with Gasteiger partial charge in [-0.15, -0.1) is 0 Å². The summed E-state index contributed by atoms with van der Waals surface area (Å²) in [6.45, 7) is 0. The Kier molecular flexibility index (Phi) is 2.76. The second-order valence-electron chi connectivity index (χ2n) is 3.45. The molecule has 0 aromatic carbocycles. The molecule has 2 nitrogen and oxygen atoms in total. The van der Waals surface area contributed by atoms with Gasteiger partial charge in [-0.2, -0.15) is 0 Å². The van der Waals surface area contributed by atoms with Crippen molar-refractivity contribution in [2.24, 2.45) is 5.92 Å². The van der Waals surface area contributed by atoms with Crippen LogP contribution in [0.15, 0.2) is 23.7 Å². The fourth-order valence-corrected chi connectivity index (χ4v) is 2.30. The summed E-state index contributed by atoms with van der Waals surface area (Å²) >= 11 is 1.40. The molecule has 1 N–H and O–H groups in total. The van der Waals surface area contributed by atoms with E-state index in [4.69, 9.17) is 0 Å². The third-order valence-electron chi connectivity index (χ3n) is 2.55. The summed E-state index contributed by atoms with van der Waals surface area (Å²) in [5.41, 5.74) is 0.977. The van der Waals surface area contributed by atoms with E-state index in [0.717, 1.165) is 24.8 Å². The van der Waals surface area contributed by atoms with Crippen molar-refractivity contribution in [1.29, 1.82) is 0 Å². The van der Waals surface area contributed by atoms with Gasteiger partial charge in [0.25, 0.3) is 0 Å². The van der Waals surface area contributed by atoms with Gasteiger partial charge in [0.15, 0.2) is 0 Å². The van der Waals surface area contributed by atoms with Crippen LogP contribution in [0.3, 0.4) is 0 Å². The minimum Gasteiger partial charge on any atom is -0.388 e. The minimum atomic E-state index is -0.316. The lowest BCUT2D eigenvalue weighted by molar-refractivity contribution is 0.103. The number of hydrogen-bond acceptors (Lipinski definition) is 3. The zero-order valence-electron chi connectivity index (χ0n) is 7.39. The summed E-state index contributed by atoms with van der Waals surface area (Å²) < 4.78 is 4.00. The molecule has 13 heavy (non-hydrogen) atoms. The molecule has 0 saturated heterocycles. The highest BCUT2D eigenvalue weighted by atomic mass is 32.1. The molecule has 1 aliphatic carbocycles. The smallest absolute Gasteiger partial charge is 0.0844 e. The van der Waals surface area contributed by atoms with Crippen LogP contribution in [0.1, 0.15) is 30.9 Å². The third kappa shape index (κ3) is 1.98. The molecule has 1 aromatic heterocycles. The molecule has 0 radical (unpaired) electrons. The fraction of sp³-hybridized carbons (Fsp3) is 0.500. The van der Waals surface area contributed by atoms with E-state index >= 15 is 0 Å². The van der Waals surface area contributed by atoms with Crippen molar-refractivity contribution < 1.29 is 5.11 Å². The molecule has 2 rings (SSSR count). The molecule has 0 spiro atoms. The average Bonchev–Trinajstić information content (AvgIpc) is 2.71. The van der Waals surface area contributed by atoms with E-state index in [1.165, 1.54) is 11.5 Å². The first-order valence-corrected chi connectivity index (χ1v) is 5.44. The Morgan fingerprint density at radius 1 is 1.54 bits per heavy atom. The lowest BCUT2D eigenvalue weighted by Gasteiger charge is -2.22. The first-order valence-electron chi connectivity index (χ1n) is 4.60. The Bertz CT molecular complexity index is 281. The first kappa shape index (κ1) is 8.91. The van der Waals surface area contributed by atoms with Gasteiger partial charge in [0.1, 0.15) is 0 Å². The monoisotopic (exact) mass is 195 g/mol. The highest BCUT2D eigenvalue weighted by molar-refractivity contribution is 7.03. The lowest BCUT2D eigenvalue weighted by Crippen LogP contribution is -2.13. The summed E-state index contributed by atoms with van der Waals surface area (Å²) in [5.74, 6) is 0.390. The molecule has 70 valence electrons. The summed E-state index contributed by atoms with van der Waals surface area (Å²) in [6.07, 6.45) is 8.99. The molecule has 0 fully saturated rings. The normalized spacial score (nSPS) is 24.5. The van der Waals surface area contributed by atoms with Crippen LogP contribution < -0.4 is 0 Å². The quantitative estimate of drug-likeness (QED) is 0.736. The van der Waals surface area contributed by atoms with Gasteiger partial charge < -0.3 is 5.11 Å². The predicted molar refractivity (Wildman–Crippen MR) is 53.6 cm³/mol. The molecule has 2 atom stereocenters. The van der Waals surface area contributed by atoms with Crippen molar-refractivity contribution in [3.63, 3.8) is 0 Å². The van der Waals surface area contributed by atoms with Crippen LogP contribution in [0.2, 0.25) is 0 Å². The Hall–Kier alpha value is -0.670. The van der Waals surface area contributed by atoms with E-state index in [1.807, 2.05) is 5.38 Å². The van der Waals surface area contributed by atoms with E-state index in [1.54, 1.807) is 6.20 Å². The fourth-order valence-electron chi connectivity index (χ4n) is 1.74. The summed E-state index contributed by atoms with van der Waals surface area (Å²) in [4.78, 5) is 0. The third-order valence-corrected chi connectivity index (χ3v) is 3.15. The number of allylic oxidation sites excluding steroid dienone is 2. The Balaban J connectivity index is 2.04. The molecule has 0 aliphatic heterocycles. The molecule has 1 aliphatic rings. The second-order valence-corrected chi connectivity index (χ2v) is 4.10. The van der Waals surface area contributed by atoms with Crippen LogP contribution in [0.4, 0.5) is 0 Å². The number of hydrogen-bond donors (Lipinski definition) is 1. The SMILES string of the molecule is OC(c1cnsc1)C1CC=CCC1. The maximum atomic E-state index is 9.97. The van der Waals surface area contributed by atoms with Crippen LogP contribution in [-0.2, 0) is 0 Å². The molecule has 0 bridgehead atoms. The van der Waals surface area contributed by atoms with Crippen LogP contribution in [0.25, 0.3) is 0 Å². The van der Waals surface area contributed by atoms with Crippen molar-refractivity contribution in [2.45, 2.75) is 25.4 Å². The van der Waals surface area contributed by atoms with Crippen molar-refractivity contribution in [2.75, 3.05) is 0 Å². The molecule has 2 unspecified atom stereocenters. The van der Waals surface area contributed by atoms with Crippen LogP contribution >= 0.6 is 11.5 Å². The van der Waals surface area contributed by atoms with E-state index in [-0.39, 0.29) is 6.10 Å². The number of aliphatic hydroxyl groups is 1. The highest BCUT2D eigenvalue weighted by Gasteiger charge is 2.21. The first-order chi connectivity index (χ1) is 6.38. The van der Waals surface area contributed by atoms with Gasteiger partial charge in [-0.05, 0) is 36.7 Å². The minimum absolute atomic E-state index is 0.316. The average molecular weight is 195 g/mol. The lowest BCUT2D eigenvalue weighted by atomic mass is 9.87. The summed E-state index contributed by atoms with van der Waals surface area (Å²) in [7, 11) is 0. The van der Waals surface area contributed by atoms with Gasteiger partial charge in [0.05, 0.1) is 6.10 Å². The number of rotatable bonds is 2. The molecule has 1 aromatic rings. The molecule has 1 heterocycles. The summed E-state index contributed by atoms with van der Waals surface area (Å²) in [6, 6.07) is 0. The largest absolute Gasteiger partial charge is 0.388 e. The molecule has 3 heteroatoms. The molecular formula is C10H13NOS. The van der Waals surface area contributed by atoms with Gasteiger partial charge in [0.2, 0.25) is 0 Å². The van der Waals surface area contributed by atoms with Gasteiger partial charge in [-0.3, -0.25) is 0 Å². The number of aliphatic hydroxyl groups excluding tert-OH is 1. The van der Waals surface area contributed by atoms with Gasteiger partial charge >= 0.3 is 0 Å². The topological polar surface area (TPSA) is 33.1 Å². The van der Waals surface area contributed by atoms with E-state index in [0.29, 0.717) is 5.92 Å². The van der Waals surface area contributed by atoms with Crippen LogP contribution in [0.5, 0.6) is 0 Å². The zero-order valence-corrected chi connectivity index (χ0v) is 8.20. The van der Waals surface area contributed by atoms with Crippen molar-refractivity contribution in [3.05, 3.63) is 29.3 Å². The van der Waals surface area contributed by atoms with E-state index in [2.05, 4.69) is 16.5 Å². The van der Waals surface area contributed by atoms with Crippen molar-refractivity contribution in [1.82, 2.24) is 4.37 Å². The van der Waals surface area contributed by atoms with Crippen LogP contribution in [0, 0.1) is 5.92 Å². The molecule has 0 amide bonds. The Morgan fingerprint density at radius 2 is 2.46 bits per heavy atom. The molecular weight excluding hydrogens is 182 g/mol. The standard InChI is InChI=1S/C10H13NOS/c12-10(9-6-11-13-7-9)8-4-2-1-3-5-8/h1-2,6-8,10,12H,3-5H2. The van der Waals surface area contributed by atoms with E-state index in [9.17, 15) is 5.11 Å². The second kappa shape index (κ2) is 4.03. The maximum Gasteiger partial charge on any atom is 0.0844 e. The highest BCUT2D eigenvalue weighted by Crippen LogP contribution is 2.31. The predicted octanol–water partition coefficient (Wildman–Crippen LogP) is 2.53. The van der Waals surface area contributed by atoms with Gasteiger partial charge in [0, 0.05) is 17.1 Å². The zero-order chi connectivity index (χ0) is 9.10. The Labute approximate surface area is 82.1 Å². The van der Waals surface area contributed by atoms with E-state index < -0.39 is 0 Å². The van der Waals surface area contributed by atoms with Gasteiger partial charge in [-0.1, -0.05) is 12.2 Å². The van der Waals surface area contributed by atoms with Crippen LogP contribution in [-0.4, -0.2) is 9.48 Å². The summed E-state index contributed by atoms with van der Waals surface area (Å²) in [5, 5.41) is 11.9.